The van der Waals surface area contributed by atoms with E-state index in [0.29, 0.717) is 0 Å². The van der Waals surface area contributed by atoms with Gasteiger partial charge in [-0.25, -0.2) is 0 Å². The average molecular weight is 274 g/mol. The molecule has 2 heterocycles. The number of hydrogen-bond donors (Lipinski definition) is 1. The van der Waals surface area contributed by atoms with Gasteiger partial charge in [-0.1, -0.05) is 12.1 Å². The first kappa shape index (κ1) is 13.9. The molecule has 3 nitrogen and oxygen atoms in total. The highest BCUT2D eigenvalue weighted by Crippen LogP contribution is 2.26. The largest absolute Gasteiger partial charge is 0.497 e. The summed E-state index contributed by atoms with van der Waals surface area (Å²) in [6.45, 7) is 3.72. The van der Waals surface area contributed by atoms with E-state index in [2.05, 4.69) is 22.3 Å². The molecule has 3 heteroatoms. The number of nitrogens with zero attached hydrogens (tertiary/aromatic N) is 1. The summed E-state index contributed by atoms with van der Waals surface area (Å²) in [5, 5.41) is 3.75. The Balaban J connectivity index is 1.41. The van der Waals surface area contributed by atoms with Crippen LogP contribution in [-0.2, 0) is 6.42 Å². The molecule has 2 atom stereocenters. The van der Waals surface area contributed by atoms with Crippen LogP contribution in [0.2, 0.25) is 0 Å². The number of fused-ring (bicyclic) bond motifs is 1. The molecule has 0 bridgehead atoms. The van der Waals surface area contributed by atoms with E-state index in [4.69, 9.17) is 4.74 Å². The van der Waals surface area contributed by atoms with Crippen LogP contribution in [0.25, 0.3) is 0 Å². The summed E-state index contributed by atoms with van der Waals surface area (Å²) < 4.78 is 5.19. The van der Waals surface area contributed by atoms with Gasteiger partial charge in [0.2, 0.25) is 0 Å². The minimum Gasteiger partial charge on any atom is -0.497 e. The molecule has 1 aromatic rings. The Morgan fingerprint density at radius 1 is 1.20 bits per heavy atom. The zero-order chi connectivity index (χ0) is 13.8. The lowest BCUT2D eigenvalue weighted by Gasteiger charge is -2.35. The first-order valence-corrected chi connectivity index (χ1v) is 7.95. The predicted molar refractivity (Wildman–Crippen MR) is 82.3 cm³/mol. The molecule has 1 N–H and O–H groups in total. The lowest BCUT2D eigenvalue weighted by atomic mass is 9.97. The Bertz CT molecular complexity index is 418. The molecule has 2 aliphatic rings. The molecule has 3 rings (SSSR count). The molecule has 0 aromatic heterocycles. The van der Waals surface area contributed by atoms with Gasteiger partial charge in [-0.2, -0.15) is 0 Å². The first-order chi connectivity index (χ1) is 9.85. The van der Waals surface area contributed by atoms with Crippen molar-refractivity contribution in [3.63, 3.8) is 0 Å². The zero-order valence-corrected chi connectivity index (χ0v) is 12.5. The molecule has 0 amide bonds. The van der Waals surface area contributed by atoms with E-state index < -0.39 is 0 Å². The molecule has 2 saturated heterocycles. The summed E-state index contributed by atoms with van der Waals surface area (Å²) in [7, 11) is 1.71. The highest BCUT2D eigenvalue weighted by Gasteiger charge is 2.31. The third kappa shape index (κ3) is 3.33. The molecular weight excluding hydrogens is 248 g/mol. The number of benzene rings is 1. The summed E-state index contributed by atoms with van der Waals surface area (Å²) in [6, 6.07) is 10.0. The molecule has 110 valence electrons. The van der Waals surface area contributed by atoms with Crippen LogP contribution in [0, 0.1) is 0 Å². The van der Waals surface area contributed by atoms with Gasteiger partial charge >= 0.3 is 0 Å². The number of rotatable bonds is 5. The Hall–Kier alpha value is -1.06. The topological polar surface area (TPSA) is 24.5 Å². The molecule has 0 aliphatic carbocycles. The highest BCUT2D eigenvalue weighted by molar-refractivity contribution is 5.27. The van der Waals surface area contributed by atoms with Crippen LogP contribution in [0.15, 0.2) is 24.3 Å². The molecule has 0 spiro atoms. The average Bonchev–Trinajstić information content (AvgIpc) is 2.95. The quantitative estimate of drug-likeness (QED) is 0.892. The molecule has 2 unspecified atom stereocenters. The van der Waals surface area contributed by atoms with Gasteiger partial charge in [-0.3, -0.25) is 0 Å². The Morgan fingerprint density at radius 2 is 2.05 bits per heavy atom. The van der Waals surface area contributed by atoms with Gasteiger partial charge in [0, 0.05) is 12.1 Å². The lowest BCUT2D eigenvalue weighted by Crippen LogP contribution is -2.46. The fraction of sp³-hybridized carbons (Fsp3) is 0.647. The fourth-order valence-corrected chi connectivity index (χ4v) is 3.62. The molecule has 2 aliphatic heterocycles. The van der Waals surface area contributed by atoms with Crippen LogP contribution in [-0.4, -0.2) is 43.7 Å². The second-order valence-corrected chi connectivity index (χ2v) is 6.11. The summed E-state index contributed by atoms with van der Waals surface area (Å²) in [5.74, 6) is 0.940. The van der Waals surface area contributed by atoms with Gasteiger partial charge in [-0.05, 0) is 69.4 Å². The monoisotopic (exact) mass is 274 g/mol. The van der Waals surface area contributed by atoms with E-state index in [1.165, 1.54) is 44.3 Å². The number of methoxy groups -OCH3 is 1. The van der Waals surface area contributed by atoms with Crippen molar-refractivity contribution in [2.24, 2.45) is 0 Å². The molecule has 1 aromatic carbocycles. The minimum absolute atomic E-state index is 0.729. The Morgan fingerprint density at radius 3 is 2.85 bits per heavy atom. The third-order valence-electron chi connectivity index (χ3n) is 4.83. The second kappa shape index (κ2) is 6.59. The molecule has 2 fully saturated rings. The summed E-state index contributed by atoms with van der Waals surface area (Å²) in [4.78, 5) is 2.68. The molecule has 0 saturated carbocycles. The van der Waals surface area contributed by atoms with Crippen molar-refractivity contribution in [3.8, 4) is 5.75 Å². The minimum atomic E-state index is 0.729. The van der Waals surface area contributed by atoms with Gasteiger partial charge in [0.25, 0.3) is 0 Å². The maximum absolute atomic E-state index is 5.19. The maximum atomic E-state index is 5.19. The second-order valence-electron chi connectivity index (χ2n) is 6.11. The number of piperidine rings is 1. The smallest absolute Gasteiger partial charge is 0.118 e. The zero-order valence-electron chi connectivity index (χ0n) is 12.5. The number of ether oxygens (including phenoxy) is 1. The van der Waals surface area contributed by atoms with E-state index >= 15 is 0 Å². The normalized spacial score (nSPS) is 26.4. The standard InChI is InChI=1S/C17H26N2O/c1-20-17-6-4-14(5-7-17)8-10-18-15-9-12-19-11-2-3-16(19)13-15/h4-7,15-16,18H,2-3,8-13H2,1H3. The third-order valence-corrected chi connectivity index (χ3v) is 4.83. The van der Waals surface area contributed by atoms with E-state index in [0.717, 1.165) is 30.8 Å². The summed E-state index contributed by atoms with van der Waals surface area (Å²) in [6.07, 6.45) is 6.59. The highest BCUT2D eigenvalue weighted by atomic mass is 16.5. The van der Waals surface area contributed by atoms with Crippen LogP contribution in [0.1, 0.15) is 31.2 Å². The SMILES string of the molecule is COc1ccc(CCNC2CCN3CCCC3C2)cc1. The summed E-state index contributed by atoms with van der Waals surface area (Å²) >= 11 is 0. The Labute approximate surface area is 122 Å². The van der Waals surface area contributed by atoms with Crippen molar-refractivity contribution >= 4 is 0 Å². The van der Waals surface area contributed by atoms with Crippen LogP contribution in [0.3, 0.4) is 0 Å². The van der Waals surface area contributed by atoms with Crippen molar-refractivity contribution in [2.45, 2.75) is 44.2 Å². The van der Waals surface area contributed by atoms with Gasteiger partial charge in [0.15, 0.2) is 0 Å². The maximum Gasteiger partial charge on any atom is 0.118 e. The number of hydrogen-bond acceptors (Lipinski definition) is 3. The van der Waals surface area contributed by atoms with E-state index in [9.17, 15) is 0 Å². The summed E-state index contributed by atoms with van der Waals surface area (Å²) in [5.41, 5.74) is 1.39. The lowest BCUT2D eigenvalue weighted by molar-refractivity contribution is 0.167. The fourth-order valence-electron chi connectivity index (χ4n) is 3.62. The van der Waals surface area contributed by atoms with Crippen molar-refractivity contribution in [2.75, 3.05) is 26.7 Å². The van der Waals surface area contributed by atoms with E-state index in [1.54, 1.807) is 7.11 Å². The van der Waals surface area contributed by atoms with Gasteiger partial charge in [-0.15, -0.1) is 0 Å². The predicted octanol–water partition coefficient (Wildman–Crippen LogP) is 2.45. The number of nitrogens with one attached hydrogen (secondary N) is 1. The van der Waals surface area contributed by atoms with Crippen molar-refractivity contribution in [1.82, 2.24) is 10.2 Å². The van der Waals surface area contributed by atoms with Gasteiger partial charge in [0.05, 0.1) is 7.11 Å². The van der Waals surface area contributed by atoms with Crippen molar-refractivity contribution in [1.29, 1.82) is 0 Å². The molecule has 20 heavy (non-hydrogen) atoms. The van der Waals surface area contributed by atoms with Gasteiger partial charge in [0.1, 0.15) is 5.75 Å². The molecule has 0 radical (unpaired) electrons. The van der Waals surface area contributed by atoms with Crippen molar-refractivity contribution in [3.05, 3.63) is 29.8 Å². The molecular formula is C17H26N2O. The van der Waals surface area contributed by atoms with Crippen LogP contribution in [0.4, 0.5) is 0 Å². The van der Waals surface area contributed by atoms with Crippen LogP contribution in [0.5, 0.6) is 5.75 Å². The van der Waals surface area contributed by atoms with Crippen LogP contribution < -0.4 is 10.1 Å². The van der Waals surface area contributed by atoms with Gasteiger partial charge < -0.3 is 15.0 Å². The first-order valence-electron chi connectivity index (χ1n) is 7.95. The van der Waals surface area contributed by atoms with E-state index in [1.807, 2.05) is 12.1 Å². The van der Waals surface area contributed by atoms with Crippen LogP contribution >= 0.6 is 0 Å². The van der Waals surface area contributed by atoms with E-state index in [-0.39, 0.29) is 0 Å². The Kier molecular flexibility index (Phi) is 4.58. The van der Waals surface area contributed by atoms with Crippen molar-refractivity contribution < 1.29 is 4.74 Å².